The predicted molar refractivity (Wildman–Crippen MR) is 141 cm³/mol. The lowest BCUT2D eigenvalue weighted by Crippen LogP contribution is -2.22. The zero-order valence-corrected chi connectivity index (χ0v) is 20.9. The Hall–Kier alpha value is -3.51. The van der Waals surface area contributed by atoms with Crippen molar-refractivity contribution in [3.63, 3.8) is 0 Å². The molecule has 0 spiro atoms. The highest BCUT2D eigenvalue weighted by Gasteiger charge is 2.24. The molecule has 1 heterocycles. The zero-order valence-electron chi connectivity index (χ0n) is 20.0. The van der Waals surface area contributed by atoms with Crippen LogP contribution in [-0.4, -0.2) is 6.54 Å². The first-order chi connectivity index (χ1) is 17.6. The van der Waals surface area contributed by atoms with Gasteiger partial charge in [-0.3, -0.25) is 0 Å². The van der Waals surface area contributed by atoms with Crippen molar-refractivity contribution in [2.24, 2.45) is 0 Å². The second-order valence-electron chi connectivity index (χ2n) is 8.69. The van der Waals surface area contributed by atoms with Gasteiger partial charge in [0.05, 0.1) is 11.4 Å². The minimum absolute atomic E-state index is 0.294. The van der Waals surface area contributed by atoms with Gasteiger partial charge in [-0.1, -0.05) is 37.9 Å². The molecule has 0 amide bonds. The lowest BCUT2D eigenvalue weighted by atomic mass is 10.1. The van der Waals surface area contributed by atoms with Gasteiger partial charge in [0.15, 0.2) is 0 Å². The van der Waals surface area contributed by atoms with Crippen LogP contribution in [0.3, 0.4) is 0 Å². The molecule has 0 N–H and O–H groups in total. The van der Waals surface area contributed by atoms with Crippen molar-refractivity contribution < 1.29 is 18.3 Å². The van der Waals surface area contributed by atoms with Crippen molar-refractivity contribution in [1.29, 1.82) is 0 Å². The van der Waals surface area contributed by atoms with Crippen LogP contribution < -0.4 is 14.4 Å². The maximum atomic E-state index is 13.3. The molecule has 1 aliphatic rings. The molecule has 0 unspecified atom stereocenters. The lowest BCUT2D eigenvalue weighted by molar-refractivity contribution is 0.478. The van der Waals surface area contributed by atoms with Crippen LogP contribution in [0.1, 0.15) is 32.6 Å². The largest absolute Gasteiger partial charge is 0.457 e. The highest BCUT2D eigenvalue weighted by atomic mass is 32.2. The summed E-state index contributed by atoms with van der Waals surface area (Å²) < 4.78 is 38.6. The van der Waals surface area contributed by atoms with Gasteiger partial charge < -0.3 is 14.4 Å². The number of hydrogen-bond acceptors (Lipinski definition) is 4. The molecule has 0 aliphatic carbocycles. The Morgan fingerprint density at radius 3 is 1.56 bits per heavy atom. The molecule has 1 aliphatic heterocycles. The van der Waals surface area contributed by atoms with E-state index < -0.39 is 0 Å². The molecule has 0 aromatic heterocycles. The van der Waals surface area contributed by atoms with Gasteiger partial charge in [0.2, 0.25) is 0 Å². The summed E-state index contributed by atoms with van der Waals surface area (Å²) in [5.41, 5.74) is 2.28. The third-order valence-electron chi connectivity index (χ3n) is 6.00. The third kappa shape index (κ3) is 5.65. The number of rotatable bonds is 9. The van der Waals surface area contributed by atoms with Crippen molar-refractivity contribution in [1.82, 2.24) is 0 Å². The van der Waals surface area contributed by atoms with Crippen molar-refractivity contribution in [2.75, 3.05) is 11.4 Å². The fourth-order valence-corrected chi connectivity index (χ4v) is 5.34. The smallest absolute Gasteiger partial charge is 0.128 e. The van der Waals surface area contributed by atoms with E-state index in [0.29, 0.717) is 23.0 Å². The average molecular weight is 504 g/mol. The van der Waals surface area contributed by atoms with E-state index in [4.69, 9.17) is 9.47 Å². The number of anilines is 2. The number of fused-ring (bicyclic) bond motifs is 2. The zero-order chi connectivity index (χ0) is 24.9. The normalized spacial score (nSPS) is 12.1. The third-order valence-corrected chi connectivity index (χ3v) is 7.09. The second-order valence-corrected chi connectivity index (χ2v) is 9.77. The van der Waals surface area contributed by atoms with Crippen molar-refractivity contribution in [3.8, 4) is 23.0 Å². The predicted octanol–water partition coefficient (Wildman–Crippen LogP) is 9.73. The van der Waals surface area contributed by atoms with E-state index in [9.17, 15) is 8.78 Å². The van der Waals surface area contributed by atoms with Crippen LogP contribution in [0.2, 0.25) is 0 Å². The Bertz CT molecular complexity index is 1230. The van der Waals surface area contributed by atoms with Gasteiger partial charge in [-0.25, -0.2) is 8.78 Å². The molecule has 0 fully saturated rings. The van der Waals surface area contributed by atoms with Gasteiger partial charge in [0, 0.05) is 16.3 Å². The van der Waals surface area contributed by atoms with Crippen LogP contribution in [0, 0.1) is 11.6 Å². The van der Waals surface area contributed by atoms with E-state index in [0.717, 1.165) is 34.1 Å². The topological polar surface area (TPSA) is 21.7 Å². The Kier molecular flexibility index (Phi) is 7.42. The van der Waals surface area contributed by atoms with E-state index in [1.165, 1.54) is 43.5 Å². The molecule has 4 aromatic rings. The fraction of sp³-hybridized carbons (Fsp3) is 0.200. The molecule has 5 rings (SSSR count). The summed E-state index contributed by atoms with van der Waals surface area (Å²) in [4.78, 5) is 4.52. The van der Waals surface area contributed by atoms with E-state index in [2.05, 4.69) is 24.0 Å². The van der Waals surface area contributed by atoms with Crippen molar-refractivity contribution >= 4 is 23.1 Å². The van der Waals surface area contributed by atoms with Crippen LogP contribution in [0.15, 0.2) is 94.7 Å². The van der Waals surface area contributed by atoms with Gasteiger partial charge in [-0.05, 0) is 91.3 Å². The van der Waals surface area contributed by atoms with E-state index in [1.807, 2.05) is 24.3 Å². The maximum absolute atomic E-state index is 13.3. The number of nitrogens with zero attached hydrogens (tertiary/aromatic N) is 1. The Labute approximate surface area is 214 Å². The Balaban J connectivity index is 1.43. The second kappa shape index (κ2) is 11.0. The van der Waals surface area contributed by atoms with Gasteiger partial charge >= 0.3 is 0 Å². The SMILES string of the molecule is CCCCCCN1c2ccc(Oc3ccc(F)cc3)cc2Sc2cc(Oc3ccc(F)cc3)ccc21. The van der Waals surface area contributed by atoms with E-state index in [1.54, 1.807) is 36.0 Å². The molecular formula is C30H27F2NO2S. The van der Waals surface area contributed by atoms with Crippen LogP contribution in [0.5, 0.6) is 23.0 Å². The summed E-state index contributed by atoms with van der Waals surface area (Å²) in [6, 6.07) is 24.2. The number of hydrogen-bond donors (Lipinski definition) is 0. The molecule has 0 saturated heterocycles. The minimum atomic E-state index is -0.294. The van der Waals surface area contributed by atoms with Gasteiger partial charge in [-0.2, -0.15) is 0 Å². The molecule has 36 heavy (non-hydrogen) atoms. The number of benzene rings is 4. The number of unbranched alkanes of at least 4 members (excludes halogenated alkanes) is 3. The molecule has 4 aromatic carbocycles. The Morgan fingerprint density at radius 1 is 0.611 bits per heavy atom. The van der Waals surface area contributed by atoms with Crippen molar-refractivity contribution in [2.45, 2.75) is 42.4 Å². The highest BCUT2D eigenvalue weighted by molar-refractivity contribution is 7.99. The number of halogens is 2. The van der Waals surface area contributed by atoms with Gasteiger partial charge in [-0.15, -0.1) is 0 Å². The molecule has 6 heteroatoms. The molecule has 0 radical (unpaired) electrons. The summed E-state index contributed by atoms with van der Waals surface area (Å²) in [6.07, 6.45) is 4.69. The van der Waals surface area contributed by atoms with Crippen molar-refractivity contribution in [3.05, 3.63) is 96.6 Å². The number of ether oxygens (including phenoxy) is 2. The summed E-state index contributed by atoms with van der Waals surface area (Å²) in [6.45, 7) is 3.13. The minimum Gasteiger partial charge on any atom is -0.457 e. The van der Waals surface area contributed by atoms with E-state index >= 15 is 0 Å². The first kappa shape index (κ1) is 24.2. The quantitative estimate of drug-likeness (QED) is 0.212. The van der Waals surface area contributed by atoms with E-state index in [-0.39, 0.29) is 11.6 Å². The Morgan fingerprint density at radius 2 is 1.08 bits per heavy atom. The first-order valence-electron chi connectivity index (χ1n) is 12.2. The average Bonchev–Trinajstić information content (AvgIpc) is 2.88. The molecule has 0 saturated carbocycles. The molecule has 0 bridgehead atoms. The lowest BCUT2D eigenvalue weighted by Gasteiger charge is -2.33. The summed E-state index contributed by atoms with van der Waals surface area (Å²) >= 11 is 1.66. The molecule has 184 valence electrons. The molecule has 3 nitrogen and oxygen atoms in total. The molecular weight excluding hydrogens is 476 g/mol. The highest BCUT2D eigenvalue weighted by Crippen LogP contribution is 2.50. The summed E-state index contributed by atoms with van der Waals surface area (Å²) in [7, 11) is 0. The van der Waals surface area contributed by atoms with Crippen LogP contribution >= 0.6 is 11.8 Å². The monoisotopic (exact) mass is 503 g/mol. The summed E-state index contributed by atoms with van der Waals surface area (Å²) in [5, 5.41) is 0. The first-order valence-corrected chi connectivity index (χ1v) is 13.0. The van der Waals surface area contributed by atoms with Crippen LogP contribution in [0.25, 0.3) is 0 Å². The standard InChI is InChI=1S/C30H27F2NO2S/c1-2-3-4-5-18-33-27-16-14-25(34-23-10-6-21(31)7-11-23)19-29(27)36-30-20-26(15-17-28(30)33)35-24-12-8-22(32)9-13-24/h6-17,19-20H,2-5,18H2,1H3. The van der Waals surface area contributed by atoms with Gasteiger partial charge in [0.25, 0.3) is 0 Å². The summed E-state index contributed by atoms with van der Waals surface area (Å²) in [5.74, 6) is 1.98. The maximum Gasteiger partial charge on any atom is 0.128 e. The fourth-order valence-electron chi connectivity index (χ4n) is 4.19. The molecule has 0 atom stereocenters. The van der Waals surface area contributed by atoms with Crippen LogP contribution in [-0.2, 0) is 0 Å². The van der Waals surface area contributed by atoms with Gasteiger partial charge in [0.1, 0.15) is 34.6 Å². The van der Waals surface area contributed by atoms with Crippen LogP contribution in [0.4, 0.5) is 20.2 Å².